The second kappa shape index (κ2) is 20.2. The van der Waals surface area contributed by atoms with Crippen molar-refractivity contribution < 1.29 is 31.5 Å². The fraction of sp³-hybridized carbons (Fsp3) is 0.422. The van der Waals surface area contributed by atoms with Crippen molar-refractivity contribution in [2.75, 3.05) is 71.0 Å². The Balaban J connectivity index is 0.000000179. The van der Waals surface area contributed by atoms with Crippen molar-refractivity contribution in [1.82, 2.24) is 39.0 Å². The van der Waals surface area contributed by atoms with Crippen LogP contribution in [0, 0.1) is 0 Å². The second-order valence-corrected chi connectivity index (χ2v) is 23.1. The molecular weight excluding hydrogens is 1030 g/mol. The monoisotopic (exact) mass is 1070 g/mol. The zero-order valence-electron chi connectivity index (χ0n) is 38.1. The lowest BCUT2D eigenvalue weighted by Crippen LogP contribution is -2.39. The number of likely N-dealkylation sites (tertiary alicyclic amines) is 2. The topological polar surface area (TPSA) is 220 Å². The second-order valence-electron chi connectivity index (χ2n) is 17.9. The van der Waals surface area contributed by atoms with Crippen molar-refractivity contribution in [1.29, 1.82) is 0 Å². The first-order valence-corrected chi connectivity index (χ1v) is 28.0. The maximum atomic E-state index is 13.9. The number of fused-ring (bicyclic) bond motifs is 2. The smallest absolute Gasteiger partial charge is 0.256 e. The van der Waals surface area contributed by atoms with Gasteiger partial charge in [-0.25, -0.2) is 31.3 Å². The molecule has 19 nitrogen and oxygen atoms in total. The van der Waals surface area contributed by atoms with E-state index in [9.17, 15) is 31.5 Å². The molecule has 3 atom stereocenters. The number of piperidine rings is 2. The van der Waals surface area contributed by atoms with Crippen LogP contribution in [0.5, 0.6) is 0 Å². The Morgan fingerprint density at radius 1 is 0.614 bits per heavy atom. The van der Waals surface area contributed by atoms with E-state index in [4.69, 9.17) is 56.5 Å². The number of hydrogen-bond donors (Lipinski definition) is 3. The van der Waals surface area contributed by atoms with Gasteiger partial charge < -0.3 is 24.7 Å². The van der Waals surface area contributed by atoms with Gasteiger partial charge >= 0.3 is 0 Å². The normalized spacial score (nSPS) is 19.8. The molecule has 372 valence electrons. The van der Waals surface area contributed by atoms with Crippen LogP contribution in [0.25, 0.3) is 11.3 Å². The minimum absolute atomic E-state index is 0.174. The lowest BCUT2D eigenvalue weighted by atomic mass is 9.98. The minimum Gasteiger partial charge on any atom is -0.391 e. The summed E-state index contributed by atoms with van der Waals surface area (Å²) in [7, 11) is -7.18. The van der Waals surface area contributed by atoms with Crippen LogP contribution in [-0.2, 0) is 20.0 Å². The summed E-state index contributed by atoms with van der Waals surface area (Å²) < 4.78 is 55.6. The number of sulfonamides is 2. The highest BCUT2D eigenvalue weighted by Crippen LogP contribution is 2.37. The molecule has 2 amide bonds. The molecule has 0 bridgehead atoms. The number of carbonyl (C=O) groups excluding carboxylic acids is 2. The van der Waals surface area contributed by atoms with Crippen LogP contribution in [-0.4, -0.2) is 131 Å². The third-order valence-corrected chi connectivity index (χ3v) is 14.8. The zero-order chi connectivity index (χ0) is 49.6. The van der Waals surface area contributed by atoms with Gasteiger partial charge in [-0.3, -0.25) is 19.0 Å². The Labute approximate surface area is 424 Å². The van der Waals surface area contributed by atoms with Crippen molar-refractivity contribution >= 4 is 113 Å². The van der Waals surface area contributed by atoms with Gasteiger partial charge in [0.25, 0.3) is 11.8 Å². The number of benzene rings is 2. The van der Waals surface area contributed by atoms with Gasteiger partial charge in [0.15, 0.2) is 11.3 Å². The third-order valence-electron chi connectivity index (χ3n) is 12.7. The first kappa shape index (κ1) is 49.8. The average molecular weight is 1080 g/mol. The maximum absolute atomic E-state index is 13.9. The predicted molar refractivity (Wildman–Crippen MR) is 271 cm³/mol. The summed E-state index contributed by atoms with van der Waals surface area (Å²) in [5, 5.41) is 20.9. The van der Waals surface area contributed by atoms with E-state index in [0.717, 1.165) is 88.0 Å². The fourth-order valence-electron chi connectivity index (χ4n) is 9.34. The van der Waals surface area contributed by atoms with Crippen LogP contribution < -0.4 is 19.2 Å². The molecule has 4 aromatic heterocycles. The molecule has 4 fully saturated rings. The molecule has 1 unspecified atom stereocenters. The van der Waals surface area contributed by atoms with Gasteiger partial charge in [-0.1, -0.05) is 46.4 Å². The lowest BCUT2D eigenvalue weighted by molar-refractivity contribution is 0.0600. The van der Waals surface area contributed by atoms with Crippen LogP contribution in [0.1, 0.15) is 95.6 Å². The Hall–Kier alpha value is -5.16. The van der Waals surface area contributed by atoms with Gasteiger partial charge in [0, 0.05) is 73.6 Å². The molecule has 0 saturated carbocycles. The van der Waals surface area contributed by atoms with Gasteiger partial charge in [-0.05, 0) is 87.8 Å². The van der Waals surface area contributed by atoms with Crippen LogP contribution in [0.3, 0.4) is 0 Å². The number of aliphatic hydroxyl groups is 1. The average Bonchev–Trinajstić information content (AvgIpc) is 4.04. The molecule has 8 heterocycles. The van der Waals surface area contributed by atoms with E-state index < -0.39 is 20.0 Å². The number of carbonyl (C=O) groups is 2. The van der Waals surface area contributed by atoms with Gasteiger partial charge in [-0.2, -0.15) is 14.7 Å². The first-order chi connectivity index (χ1) is 33.3. The Kier molecular flexibility index (Phi) is 14.3. The molecule has 0 spiro atoms. The summed E-state index contributed by atoms with van der Waals surface area (Å²) >= 11 is 24.6. The van der Waals surface area contributed by atoms with Crippen LogP contribution in [0.4, 0.5) is 23.0 Å². The first-order valence-electron chi connectivity index (χ1n) is 22.8. The fourth-order valence-corrected chi connectivity index (χ4v) is 11.3. The summed E-state index contributed by atoms with van der Waals surface area (Å²) in [6, 6.07) is 15.6. The van der Waals surface area contributed by atoms with Gasteiger partial charge in [0.1, 0.15) is 21.9 Å². The van der Waals surface area contributed by atoms with E-state index in [-0.39, 0.29) is 57.7 Å². The quantitative estimate of drug-likeness (QED) is 0.115. The molecule has 4 aliphatic rings. The molecular formula is C45H50Cl4N12O7S2. The Morgan fingerprint density at radius 2 is 1.14 bits per heavy atom. The summed E-state index contributed by atoms with van der Waals surface area (Å²) in [4.78, 5) is 44.4. The highest BCUT2D eigenvalue weighted by atomic mass is 35.5. The number of β-amino-alcohol motifs (C(OH)–C–C–N with tert-alkyl or cyclic N) is 1. The zero-order valence-corrected chi connectivity index (χ0v) is 42.8. The molecule has 0 aliphatic carbocycles. The highest BCUT2D eigenvalue weighted by molar-refractivity contribution is 7.92. The molecule has 2 aromatic carbocycles. The number of halogens is 4. The minimum atomic E-state index is -3.60. The molecule has 10 rings (SSSR count). The molecule has 0 radical (unpaired) electrons. The molecule has 4 aliphatic heterocycles. The molecule has 6 aromatic rings. The molecule has 25 heteroatoms. The molecule has 70 heavy (non-hydrogen) atoms. The van der Waals surface area contributed by atoms with Gasteiger partial charge in [0.2, 0.25) is 20.0 Å². The third kappa shape index (κ3) is 11.0. The highest BCUT2D eigenvalue weighted by Gasteiger charge is 2.35. The predicted octanol–water partition coefficient (Wildman–Crippen LogP) is 7.33. The number of aliphatic hydroxyl groups excluding tert-OH is 1. The number of anilines is 4. The number of amides is 2. The van der Waals surface area contributed by atoms with E-state index >= 15 is 0 Å². The maximum Gasteiger partial charge on any atom is 0.256 e. The van der Waals surface area contributed by atoms with E-state index in [0.29, 0.717) is 64.7 Å². The number of nitrogens with one attached hydrogen (secondary N) is 2. The van der Waals surface area contributed by atoms with Crippen LogP contribution >= 0.6 is 46.4 Å². The van der Waals surface area contributed by atoms with Crippen molar-refractivity contribution in [2.24, 2.45) is 0 Å². The summed E-state index contributed by atoms with van der Waals surface area (Å²) in [5.41, 5.74) is 3.29. The van der Waals surface area contributed by atoms with E-state index in [1.165, 1.54) is 40.9 Å². The van der Waals surface area contributed by atoms with Crippen molar-refractivity contribution in [3.8, 4) is 0 Å². The van der Waals surface area contributed by atoms with Gasteiger partial charge in [-0.15, -0.1) is 0 Å². The standard InChI is InChI=1S/C26H32ClN7O4S.C19H18Cl3N5O3S/c1-39(37,38)30-20-7-6-17(27)13-19(20)26(36)33-11-3-2-5-22(33)21-14-24-28-23(31-9-4-10-31)15-25(34(24)29-21)32-12-8-18(35)16-32;1-31(29,30)25-13-6-5-11(20)8-12(13)19(28)26-7-3-2-4-15(26)14-9-18-23-16(21)10-17(22)27(18)24-14/h6-7,13-15,18,22,30,35H,2-5,8-12,16H2,1H3;5-6,8-10,15,25H,2-4,7H2,1H3/t18?,22-;15-/m00/s1. The molecule has 4 saturated heterocycles. The van der Waals surface area contributed by atoms with Crippen LogP contribution in [0.15, 0.2) is 60.7 Å². The summed E-state index contributed by atoms with van der Waals surface area (Å²) in [6.07, 6.45) is 8.44. The molecule has 3 N–H and O–H groups in total. The Morgan fingerprint density at radius 3 is 1.63 bits per heavy atom. The summed E-state index contributed by atoms with van der Waals surface area (Å²) in [6.45, 7) is 4.19. The SMILES string of the molecule is CS(=O)(=O)Nc1ccc(Cl)cc1C(=O)N1CCCC[C@H]1c1cc2nc(Cl)cc(Cl)n2n1.CS(=O)(=O)Nc1ccc(Cl)cc1C(=O)N1CCCC[C@H]1c1cc2nc(N3CCC3)cc(N3CCC(O)C3)n2n1. The number of nitrogens with zero attached hydrogens (tertiary/aromatic N) is 10. The van der Waals surface area contributed by atoms with Crippen LogP contribution in [0.2, 0.25) is 20.4 Å². The van der Waals surface area contributed by atoms with Crippen molar-refractivity contribution in [3.05, 3.63) is 104 Å². The largest absolute Gasteiger partial charge is 0.391 e. The lowest BCUT2D eigenvalue weighted by Gasteiger charge is -2.35. The summed E-state index contributed by atoms with van der Waals surface area (Å²) in [5.74, 6) is 1.13. The number of hydrogen-bond acceptors (Lipinski definition) is 13. The number of aromatic nitrogens is 6. The van der Waals surface area contributed by atoms with E-state index in [1.54, 1.807) is 21.9 Å². The van der Waals surface area contributed by atoms with E-state index in [1.807, 2.05) is 16.6 Å². The number of rotatable bonds is 10. The van der Waals surface area contributed by atoms with Crippen molar-refractivity contribution in [3.63, 3.8) is 0 Å². The van der Waals surface area contributed by atoms with Crippen molar-refractivity contribution in [2.45, 2.75) is 69.6 Å². The van der Waals surface area contributed by atoms with E-state index in [2.05, 4.69) is 29.3 Å². The Bertz CT molecular complexity index is 3230. The van der Waals surface area contributed by atoms with Gasteiger partial charge in [0.05, 0.1) is 64.6 Å².